The molecule has 0 saturated heterocycles. The molecule has 0 bridgehead atoms. The summed E-state index contributed by atoms with van der Waals surface area (Å²) in [5.74, 6) is 0.800. The number of hydrogen-bond acceptors (Lipinski definition) is 3. The van der Waals surface area contributed by atoms with Gasteiger partial charge in [0, 0.05) is 12.4 Å². The van der Waals surface area contributed by atoms with Crippen molar-refractivity contribution < 1.29 is 4.79 Å². The van der Waals surface area contributed by atoms with Gasteiger partial charge < -0.3 is 4.40 Å². The number of nitrogens with zero attached hydrogens (tertiary/aromatic N) is 3. The second-order valence-electron chi connectivity index (χ2n) is 2.49. The second-order valence-corrected chi connectivity index (χ2v) is 2.49. The Morgan fingerprint density at radius 2 is 2.42 bits per heavy atom. The van der Waals surface area contributed by atoms with E-state index in [1.54, 1.807) is 18.6 Å². The van der Waals surface area contributed by atoms with Crippen LogP contribution < -0.4 is 0 Å². The lowest BCUT2D eigenvalue weighted by Gasteiger charge is -1.91. The summed E-state index contributed by atoms with van der Waals surface area (Å²) in [6.45, 7) is 1.85. The number of aromatic nitrogens is 3. The maximum Gasteiger partial charge on any atom is 0.170 e. The lowest BCUT2D eigenvalue weighted by Crippen LogP contribution is -1.86. The van der Waals surface area contributed by atoms with E-state index in [2.05, 4.69) is 9.97 Å². The van der Waals surface area contributed by atoms with Crippen molar-refractivity contribution >= 4 is 11.8 Å². The summed E-state index contributed by atoms with van der Waals surface area (Å²) in [4.78, 5) is 18.5. The zero-order chi connectivity index (χ0) is 8.55. The van der Waals surface area contributed by atoms with Gasteiger partial charge in [0.2, 0.25) is 0 Å². The van der Waals surface area contributed by atoms with E-state index >= 15 is 0 Å². The first-order chi connectivity index (χ1) is 5.83. The van der Waals surface area contributed by atoms with Crippen LogP contribution >= 0.6 is 0 Å². The molecule has 2 rings (SSSR count). The SMILES string of the molecule is Cc1nc(C=O)c2cnccn12. The van der Waals surface area contributed by atoms with Crippen LogP contribution in [0.3, 0.4) is 0 Å². The van der Waals surface area contributed by atoms with Gasteiger partial charge in [0.1, 0.15) is 11.5 Å². The summed E-state index contributed by atoms with van der Waals surface area (Å²) in [5.41, 5.74) is 1.20. The van der Waals surface area contributed by atoms with Gasteiger partial charge >= 0.3 is 0 Å². The van der Waals surface area contributed by atoms with Crippen molar-refractivity contribution in [1.29, 1.82) is 0 Å². The maximum atomic E-state index is 10.5. The summed E-state index contributed by atoms with van der Waals surface area (Å²) >= 11 is 0. The molecule has 0 amide bonds. The molecular weight excluding hydrogens is 154 g/mol. The predicted octanol–water partition coefficient (Wildman–Crippen LogP) is 0.850. The molecule has 12 heavy (non-hydrogen) atoms. The number of carbonyl (C=O) groups is 1. The second kappa shape index (κ2) is 2.41. The fourth-order valence-electron chi connectivity index (χ4n) is 1.21. The predicted molar refractivity (Wildman–Crippen MR) is 43.1 cm³/mol. The molecule has 0 aliphatic rings. The van der Waals surface area contributed by atoms with Crippen LogP contribution in [0.5, 0.6) is 0 Å². The van der Waals surface area contributed by atoms with Gasteiger partial charge in [-0.1, -0.05) is 0 Å². The van der Waals surface area contributed by atoms with E-state index < -0.39 is 0 Å². The summed E-state index contributed by atoms with van der Waals surface area (Å²) in [5, 5.41) is 0. The average Bonchev–Trinajstić information content (AvgIpc) is 2.44. The molecule has 0 N–H and O–H groups in total. The molecule has 0 spiro atoms. The normalized spacial score (nSPS) is 10.4. The zero-order valence-corrected chi connectivity index (χ0v) is 6.56. The van der Waals surface area contributed by atoms with Crippen LogP contribution in [-0.2, 0) is 0 Å². The van der Waals surface area contributed by atoms with Gasteiger partial charge in [0.25, 0.3) is 0 Å². The minimum Gasteiger partial charge on any atom is -0.300 e. The fraction of sp³-hybridized carbons (Fsp3) is 0.125. The lowest BCUT2D eigenvalue weighted by atomic mass is 10.4. The van der Waals surface area contributed by atoms with Crippen LogP contribution in [0, 0.1) is 6.92 Å². The molecule has 2 heterocycles. The van der Waals surface area contributed by atoms with Crippen LogP contribution in [0.4, 0.5) is 0 Å². The number of fused-ring (bicyclic) bond motifs is 1. The zero-order valence-electron chi connectivity index (χ0n) is 6.56. The maximum absolute atomic E-state index is 10.5. The molecule has 0 aliphatic heterocycles. The molecule has 4 nitrogen and oxygen atoms in total. The molecule has 0 unspecified atom stereocenters. The van der Waals surface area contributed by atoms with E-state index in [9.17, 15) is 4.79 Å². The Balaban J connectivity index is 2.91. The van der Waals surface area contributed by atoms with Gasteiger partial charge in [-0.2, -0.15) is 0 Å². The Morgan fingerprint density at radius 3 is 3.17 bits per heavy atom. The highest BCUT2D eigenvalue weighted by Crippen LogP contribution is 2.08. The lowest BCUT2D eigenvalue weighted by molar-refractivity contribution is 0.112. The summed E-state index contributed by atoms with van der Waals surface area (Å²) in [7, 11) is 0. The molecule has 0 atom stereocenters. The van der Waals surface area contributed by atoms with Gasteiger partial charge in [0.05, 0.1) is 11.7 Å². The van der Waals surface area contributed by atoms with E-state index in [0.717, 1.165) is 17.6 Å². The third kappa shape index (κ3) is 0.812. The molecule has 0 fully saturated rings. The average molecular weight is 161 g/mol. The summed E-state index contributed by atoms with van der Waals surface area (Å²) in [6, 6.07) is 0. The number of carbonyl (C=O) groups excluding carboxylic acids is 1. The smallest absolute Gasteiger partial charge is 0.170 e. The van der Waals surface area contributed by atoms with E-state index in [1.807, 2.05) is 11.3 Å². The number of hydrogen-bond donors (Lipinski definition) is 0. The monoisotopic (exact) mass is 161 g/mol. The molecule has 2 aromatic rings. The van der Waals surface area contributed by atoms with Crippen molar-refractivity contribution in [2.45, 2.75) is 6.92 Å². The Kier molecular flexibility index (Phi) is 1.40. The first-order valence-electron chi connectivity index (χ1n) is 3.57. The van der Waals surface area contributed by atoms with Crippen molar-refractivity contribution in [2.24, 2.45) is 0 Å². The van der Waals surface area contributed by atoms with Crippen molar-refractivity contribution in [3.05, 3.63) is 30.1 Å². The van der Waals surface area contributed by atoms with Crippen LogP contribution in [0.1, 0.15) is 16.3 Å². The largest absolute Gasteiger partial charge is 0.300 e. The van der Waals surface area contributed by atoms with E-state index in [4.69, 9.17) is 0 Å². The molecule has 0 saturated carbocycles. The summed E-state index contributed by atoms with van der Waals surface area (Å²) < 4.78 is 1.83. The number of rotatable bonds is 1. The fourth-order valence-corrected chi connectivity index (χ4v) is 1.21. The third-order valence-electron chi connectivity index (χ3n) is 1.76. The van der Waals surface area contributed by atoms with Crippen molar-refractivity contribution in [2.75, 3.05) is 0 Å². The summed E-state index contributed by atoms with van der Waals surface area (Å²) in [6.07, 6.45) is 5.81. The highest BCUT2D eigenvalue weighted by Gasteiger charge is 2.05. The molecule has 0 aromatic carbocycles. The van der Waals surface area contributed by atoms with Crippen LogP contribution in [0.15, 0.2) is 18.6 Å². The van der Waals surface area contributed by atoms with Crippen LogP contribution in [0.2, 0.25) is 0 Å². The minimum absolute atomic E-state index is 0.445. The van der Waals surface area contributed by atoms with Gasteiger partial charge in [-0.15, -0.1) is 0 Å². The molecule has 0 aliphatic carbocycles. The highest BCUT2D eigenvalue weighted by atomic mass is 16.1. The van der Waals surface area contributed by atoms with Gasteiger partial charge in [-0.3, -0.25) is 9.78 Å². The third-order valence-corrected chi connectivity index (χ3v) is 1.76. The quantitative estimate of drug-likeness (QED) is 0.582. The molecular formula is C8H7N3O. The van der Waals surface area contributed by atoms with Gasteiger partial charge in [-0.25, -0.2) is 4.98 Å². The van der Waals surface area contributed by atoms with E-state index in [1.165, 1.54) is 0 Å². The molecule has 60 valence electrons. The highest BCUT2D eigenvalue weighted by molar-refractivity contribution is 5.83. The number of aryl methyl sites for hydroxylation is 1. The van der Waals surface area contributed by atoms with Crippen LogP contribution in [0.25, 0.3) is 5.52 Å². The Morgan fingerprint density at radius 1 is 1.58 bits per heavy atom. The minimum atomic E-state index is 0.445. The standard InChI is InChI=1S/C8H7N3O/c1-6-10-7(5-12)8-4-9-2-3-11(6)8/h2-5H,1H3. The van der Waals surface area contributed by atoms with Crippen molar-refractivity contribution in [3.63, 3.8) is 0 Å². The topological polar surface area (TPSA) is 47.3 Å². The Bertz CT molecular complexity index is 433. The van der Waals surface area contributed by atoms with Crippen molar-refractivity contribution in [1.82, 2.24) is 14.4 Å². The molecule has 4 heteroatoms. The molecule has 2 aromatic heterocycles. The van der Waals surface area contributed by atoms with E-state index in [-0.39, 0.29) is 0 Å². The van der Waals surface area contributed by atoms with E-state index in [0.29, 0.717) is 5.69 Å². The van der Waals surface area contributed by atoms with Gasteiger partial charge in [-0.05, 0) is 6.92 Å². The molecule has 0 radical (unpaired) electrons. The Hall–Kier alpha value is -1.71. The number of imidazole rings is 1. The van der Waals surface area contributed by atoms with Crippen LogP contribution in [-0.4, -0.2) is 20.7 Å². The number of aldehydes is 1. The Labute approximate surface area is 68.9 Å². The first-order valence-corrected chi connectivity index (χ1v) is 3.57. The van der Waals surface area contributed by atoms with Crippen molar-refractivity contribution in [3.8, 4) is 0 Å². The first kappa shape index (κ1) is 6.97. The van der Waals surface area contributed by atoms with Gasteiger partial charge in [0.15, 0.2) is 6.29 Å².